The van der Waals surface area contributed by atoms with E-state index in [0.29, 0.717) is 21.9 Å². The third kappa shape index (κ3) is 5.46. The van der Waals surface area contributed by atoms with E-state index in [4.69, 9.17) is 28.3 Å². The normalized spacial score (nSPS) is 25.3. The first kappa shape index (κ1) is 29.9. The number of benzene rings is 1. The zero-order valence-electron chi connectivity index (χ0n) is 24.8. The number of aromatic nitrogens is 2. The Morgan fingerprint density at radius 2 is 1.88 bits per heavy atom. The summed E-state index contributed by atoms with van der Waals surface area (Å²) in [6.07, 6.45) is 7.76. The molecule has 2 heterocycles. The minimum atomic E-state index is -0.734. The molecule has 0 radical (unpaired) electrons. The number of nitrogens with zero attached hydrogens (tertiary/aromatic N) is 4. The number of hydrogen-bond donors (Lipinski definition) is 1. The molecule has 1 aromatic heterocycles. The summed E-state index contributed by atoms with van der Waals surface area (Å²) < 4.78 is 2.31. The predicted octanol–water partition coefficient (Wildman–Crippen LogP) is 6.66. The van der Waals surface area contributed by atoms with Crippen molar-refractivity contribution in [2.45, 2.75) is 103 Å². The quantitative estimate of drug-likeness (QED) is 0.355. The van der Waals surface area contributed by atoms with Gasteiger partial charge in [-0.05, 0) is 113 Å². The highest BCUT2D eigenvalue weighted by atomic mass is 35.5. The number of rotatable bonds is 9. The summed E-state index contributed by atoms with van der Waals surface area (Å²) in [6.45, 7) is 12.6. The van der Waals surface area contributed by atoms with Gasteiger partial charge in [0.2, 0.25) is 0 Å². The van der Waals surface area contributed by atoms with Crippen LogP contribution in [0.1, 0.15) is 88.2 Å². The standard InChI is InChI=1S/C32H46Cl2N4O2/c1-6-28-24-10-11-32(30(24)38(7-2)35-28)12-14-37(15-13-32)19-22-16-23(36(5)29(20(3)4)31(39)40)18-25(22)21-8-9-26(33)27(34)17-21/h8-9,17,20,22-23,25,29H,6-7,10-16,18-19H2,1-5H3,(H,39,40)/t22-,23+,25-,29-/m1/s1. The van der Waals surface area contributed by atoms with E-state index < -0.39 is 12.0 Å². The number of likely N-dealkylation sites (tertiary alicyclic amines) is 1. The van der Waals surface area contributed by atoms with Gasteiger partial charge >= 0.3 is 5.97 Å². The second-order valence-electron chi connectivity index (χ2n) is 12.9. The average Bonchev–Trinajstić information content (AvgIpc) is 3.61. The second-order valence-corrected chi connectivity index (χ2v) is 13.7. The molecule has 2 aromatic rings. The molecule has 220 valence electrons. The van der Waals surface area contributed by atoms with Crippen LogP contribution in [0.2, 0.25) is 10.0 Å². The van der Waals surface area contributed by atoms with Gasteiger partial charge in [0.25, 0.3) is 0 Å². The molecule has 0 amide bonds. The van der Waals surface area contributed by atoms with Gasteiger partial charge in [0.05, 0.1) is 15.7 Å². The zero-order chi connectivity index (χ0) is 28.8. The number of carbonyl (C=O) groups is 1. The van der Waals surface area contributed by atoms with Gasteiger partial charge in [-0.1, -0.05) is 50.0 Å². The number of carboxylic acids is 1. The van der Waals surface area contributed by atoms with E-state index in [9.17, 15) is 9.90 Å². The first-order valence-corrected chi connectivity index (χ1v) is 16.0. The Balaban J connectivity index is 1.33. The lowest BCUT2D eigenvalue weighted by Crippen LogP contribution is -2.47. The molecule has 5 rings (SSSR count). The minimum Gasteiger partial charge on any atom is -0.480 e. The van der Waals surface area contributed by atoms with Gasteiger partial charge in [-0.2, -0.15) is 5.10 Å². The van der Waals surface area contributed by atoms with Crippen LogP contribution in [0.3, 0.4) is 0 Å². The molecule has 1 aliphatic heterocycles. The largest absolute Gasteiger partial charge is 0.480 e. The highest BCUT2D eigenvalue weighted by Crippen LogP contribution is 2.49. The van der Waals surface area contributed by atoms with Gasteiger partial charge in [-0.15, -0.1) is 0 Å². The van der Waals surface area contributed by atoms with Crippen LogP contribution in [0.4, 0.5) is 0 Å². The van der Waals surface area contributed by atoms with E-state index in [0.717, 1.165) is 45.4 Å². The van der Waals surface area contributed by atoms with Gasteiger partial charge in [-0.3, -0.25) is 14.4 Å². The molecule has 8 heteroatoms. The van der Waals surface area contributed by atoms with Crippen LogP contribution in [0.25, 0.3) is 0 Å². The number of aryl methyl sites for hydroxylation is 2. The van der Waals surface area contributed by atoms with Crippen LogP contribution in [0, 0.1) is 11.8 Å². The highest BCUT2D eigenvalue weighted by Gasteiger charge is 2.46. The number of halogens is 2. The maximum absolute atomic E-state index is 12.2. The fourth-order valence-corrected chi connectivity index (χ4v) is 8.63. The molecule has 2 aliphatic carbocycles. The second kappa shape index (κ2) is 11.9. The van der Waals surface area contributed by atoms with E-state index in [-0.39, 0.29) is 17.4 Å². The number of carboxylic acid groups (broad SMARTS) is 1. The SMILES string of the molecule is CCc1nn(CC)c2c1CCC21CCN(C[C@H]2C[C@H](N(C)[C@@H](C(=O)O)C(C)C)C[C@@H]2c2ccc(Cl)c(Cl)c2)CC1. The predicted molar refractivity (Wildman–Crippen MR) is 163 cm³/mol. The van der Waals surface area contributed by atoms with Crippen molar-refractivity contribution in [2.24, 2.45) is 11.8 Å². The first-order valence-electron chi connectivity index (χ1n) is 15.3. The van der Waals surface area contributed by atoms with Crippen molar-refractivity contribution in [3.63, 3.8) is 0 Å². The van der Waals surface area contributed by atoms with E-state index >= 15 is 0 Å². The maximum atomic E-state index is 12.2. The monoisotopic (exact) mass is 588 g/mol. The van der Waals surface area contributed by atoms with E-state index in [1.54, 1.807) is 0 Å². The van der Waals surface area contributed by atoms with E-state index in [2.05, 4.69) is 34.4 Å². The number of piperidine rings is 1. The Kier molecular flexibility index (Phi) is 8.92. The number of hydrogen-bond acceptors (Lipinski definition) is 4. The van der Waals surface area contributed by atoms with Crippen LogP contribution in [0.5, 0.6) is 0 Å². The lowest BCUT2D eigenvalue weighted by atomic mass is 9.75. The molecule has 0 unspecified atom stereocenters. The van der Waals surface area contributed by atoms with Crippen molar-refractivity contribution >= 4 is 29.2 Å². The Morgan fingerprint density at radius 1 is 1.15 bits per heavy atom. The molecule has 0 bridgehead atoms. The Hall–Kier alpha value is -1.60. The molecule has 4 atom stereocenters. The summed E-state index contributed by atoms with van der Waals surface area (Å²) in [6, 6.07) is 5.79. The van der Waals surface area contributed by atoms with Gasteiger partial charge in [0, 0.05) is 30.2 Å². The summed E-state index contributed by atoms with van der Waals surface area (Å²) >= 11 is 12.8. The maximum Gasteiger partial charge on any atom is 0.321 e. The Bertz CT molecular complexity index is 1220. The van der Waals surface area contributed by atoms with Gasteiger partial charge in [-0.25, -0.2) is 0 Å². The molecule has 6 nitrogen and oxygen atoms in total. The summed E-state index contributed by atoms with van der Waals surface area (Å²) in [4.78, 5) is 17.0. The van der Waals surface area contributed by atoms with Crippen LogP contribution >= 0.6 is 23.2 Å². The lowest BCUT2D eigenvalue weighted by molar-refractivity contribution is -0.145. The minimum absolute atomic E-state index is 0.0457. The molecule has 1 saturated carbocycles. The lowest BCUT2D eigenvalue weighted by Gasteiger charge is -2.41. The molecular formula is C32H46Cl2N4O2. The fourth-order valence-electron chi connectivity index (χ4n) is 8.32. The van der Waals surface area contributed by atoms with Crippen LogP contribution in [-0.4, -0.2) is 69.4 Å². The molecule has 1 N–H and O–H groups in total. The number of fused-ring (bicyclic) bond motifs is 2. The first-order chi connectivity index (χ1) is 19.1. The van der Waals surface area contributed by atoms with Crippen molar-refractivity contribution in [2.75, 3.05) is 26.7 Å². The molecule has 3 aliphatic rings. The van der Waals surface area contributed by atoms with Crippen molar-refractivity contribution in [1.82, 2.24) is 19.6 Å². The van der Waals surface area contributed by atoms with Gasteiger partial charge in [0.15, 0.2) is 0 Å². The third-order valence-corrected chi connectivity index (χ3v) is 11.1. The van der Waals surface area contributed by atoms with Crippen LogP contribution < -0.4 is 0 Å². The van der Waals surface area contributed by atoms with Crippen LogP contribution in [0.15, 0.2) is 18.2 Å². The van der Waals surface area contributed by atoms with Crippen molar-refractivity contribution in [3.05, 3.63) is 50.8 Å². The molecule has 1 saturated heterocycles. The smallest absolute Gasteiger partial charge is 0.321 e. The summed E-state index contributed by atoms with van der Waals surface area (Å²) in [5.41, 5.74) is 5.88. The van der Waals surface area contributed by atoms with Crippen molar-refractivity contribution in [1.29, 1.82) is 0 Å². The molecule has 1 spiro atoms. The van der Waals surface area contributed by atoms with Gasteiger partial charge in [0.1, 0.15) is 6.04 Å². The Morgan fingerprint density at radius 3 is 2.48 bits per heavy atom. The van der Waals surface area contributed by atoms with Crippen molar-refractivity contribution < 1.29 is 9.90 Å². The van der Waals surface area contributed by atoms with E-state index in [1.165, 1.54) is 48.2 Å². The molecule has 2 fully saturated rings. The summed E-state index contributed by atoms with van der Waals surface area (Å²) in [7, 11) is 2.00. The number of aliphatic carboxylic acids is 1. The third-order valence-electron chi connectivity index (χ3n) is 10.4. The molecular weight excluding hydrogens is 543 g/mol. The van der Waals surface area contributed by atoms with Crippen molar-refractivity contribution in [3.8, 4) is 0 Å². The molecule has 40 heavy (non-hydrogen) atoms. The van der Waals surface area contributed by atoms with Crippen LogP contribution in [-0.2, 0) is 29.6 Å². The summed E-state index contributed by atoms with van der Waals surface area (Å²) in [5, 5.41) is 16.1. The van der Waals surface area contributed by atoms with Gasteiger partial charge < -0.3 is 10.0 Å². The number of likely N-dealkylation sites (N-methyl/N-ethyl adjacent to an activating group) is 1. The van der Waals surface area contributed by atoms with E-state index in [1.807, 2.05) is 33.0 Å². The zero-order valence-corrected chi connectivity index (χ0v) is 26.3. The topological polar surface area (TPSA) is 61.6 Å². The average molecular weight is 590 g/mol. The molecule has 1 aromatic carbocycles. The summed E-state index contributed by atoms with van der Waals surface area (Å²) in [5.74, 6) is 0.0741. The highest BCUT2D eigenvalue weighted by molar-refractivity contribution is 6.42. The Labute approximate surface area is 250 Å². The fraction of sp³-hybridized carbons (Fsp3) is 0.688.